The molecular weight excluding hydrogens is 440 g/mol. The number of hydrogen-bond acceptors (Lipinski definition) is 4. The van der Waals surface area contributed by atoms with Crippen LogP contribution < -0.4 is 19.7 Å². The number of benzene rings is 3. The Bertz CT molecular complexity index is 1210. The fraction of sp³-hybridized carbons (Fsp3) is 0.310. The van der Waals surface area contributed by atoms with E-state index in [0.717, 1.165) is 16.9 Å². The van der Waals surface area contributed by atoms with Gasteiger partial charge in [0.05, 0.1) is 12.2 Å². The van der Waals surface area contributed by atoms with Gasteiger partial charge in [0.25, 0.3) is 11.8 Å². The van der Waals surface area contributed by atoms with Crippen LogP contribution in [-0.4, -0.2) is 31.1 Å². The smallest absolute Gasteiger partial charge is 0.267 e. The Hall–Kier alpha value is -3.80. The monoisotopic (exact) mass is 472 g/mol. The van der Waals surface area contributed by atoms with Crippen LogP contribution in [0.1, 0.15) is 49.2 Å². The molecule has 3 aromatic carbocycles. The molecule has 6 heteroatoms. The van der Waals surface area contributed by atoms with Crippen molar-refractivity contribution in [2.75, 3.05) is 23.4 Å². The van der Waals surface area contributed by atoms with Gasteiger partial charge >= 0.3 is 0 Å². The highest BCUT2D eigenvalue weighted by molar-refractivity contribution is 6.05. The number of fused-ring (bicyclic) bond motifs is 1. The minimum atomic E-state index is -0.594. The van der Waals surface area contributed by atoms with Crippen molar-refractivity contribution in [1.82, 2.24) is 0 Å². The molecule has 1 atom stereocenters. The molecule has 182 valence electrons. The number of ether oxygens (including phenoxy) is 2. The molecule has 1 heterocycles. The van der Waals surface area contributed by atoms with Crippen molar-refractivity contribution >= 4 is 23.2 Å². The van der Waals surface area contributed by atoms with Gasteiger partial charge in [0, 0.05) is 11.3 Å². The molecule has 0 fully saturated rings. The number of nitrogens with one attached hydrogen (secondary N) is 1. The van der Waals surface area contributed by atoms with Crippen LogP contribution in [0.4, 0.5) is 11.4 Å². The first-order valence-electron chi connectivity index (χ1n) is 11.9. The molecule has 1 aliphatic heterocycles. The molecule has 0 bridgehead atoms. The number of amides is 2. The standard InChI is InChI=1S/C29H32N2O4/c1-19-6-13-24(14-7-19)34-17-16-31-25-18-23(12-15-26(25)35-20(2)28(31)33)30-27(32)21-8-10-22(11-9-21)29(3,4)5/h6-15,18,20H,16-17H2,1-5H3,(H,30,32). The topological polar surface area (TPSA) is 67.9 Å². The summed E-state index contributed by atoms with van der Waals surface area (Å²) in [5.74, 6) is 0.991. The van der Waals surface area contributed by atoms with Gasteiger partial charge in [0.15, 0.2) is 6.10 Å². The van der Waals surface area contributed by atoms with Crippen LogP contribution in [0.15, 0.2) is 66.7 Å². The van der Waals surface area contributed by atoms with Crippen LogP contribution in [0.5, 0.6) is 11.5 Å². The van der Waals surface area contributed by atoms with E-state index in [2.05, 4.69) is 26.1 Å². The highest BCUT2D eigenvalue weighted by Crippen LogP contribution is 2.36. The summed E-state index contributed by atoms with van der Waals surface area (Å²) in [6, 6.07) is 20.7. The second-order valence-corrected chi connectivity index (χ2v) is 9.88. The predicted octanol–water partition coefficient (Wildman–Crippen LogP) is 5.74. The van der Waals surface area contributed by atoms with Crippen LogP contribution in [0.2, 0.25) is 0 Å². The Labute approximate surface area is 206 Å². The maximum absolute atomic E-state index is 12.9. The third kappa shape index (κ3) is 5.65. The summed E-state index contributed by atoms with van der Waals surface area (Å²) in [6.07, 6.45) is -0.594. The maximum atomic E-state index is 12.9. The lowest BCUT2D eigenvalue weighted by molar-refractivity contribution is -0.125. The van der Waals surface area contributed by atoms with Gasteiger partial charge in [-0.15, -0.1) is 0 Å². The summed E-state index contributed by atoms with van der Waals surface area (Å²) < 4.78 is 11.6. The number of carbonyl (C=O) groups is 2. The van der Waals surface area contributed by atoms with Crippen molar-refractivity contribution in [3.05, 3.63) is 83.4 Å². The van der Waals surface area contributed by atoms with Crippen molar-refractivity contribution in [2.24, 2.45) is 0 Å². The second kappa shape index (κ2) is 9.82. The Balaban J connectivity index is 1.48. The van der Waals surface area contributed by atoms with Gasteiger partial charge in [-0.25, -0.2) is 0 Å². The first-order chi connectivity index (χ1) is 16.6. The average Bonchev–Trinajstić information content (AvgIpc) is 2.82. The summed E-state index contributed by atoms with van der Waals surface area (Å²) in [4.78, 5) is 27.4. The molecular formula is C29H32N2O4. The summed E-state index contributed by atoms with van der Waals surface area (Å²) >= 11 is 0. The lowest BCUT2D eigenvalue weighted by Crippen LogP contribution is -2.46. The van der Waals surface area contributed by atoms with Crippen LogP contribution in [0.3, 0.4) is 0 Å². The van der Waals surface area contributed by atoms with E-state index in [1.807, 2.05) is 55.5 Å². The van der Waals surface area contributed by atoms with Gasteiger partial charge in [-0.1, -0.05) is 50.6 Å². The number of carbonyl (C=O) groups excluding carboxylic acids is 2. The van der Waals surface area contributed by atoms with Gasteiger partial charge in [0.2, 0.25) is 0 Å². The van der Waals surface area contributed by atoms with Gasteiger partial charge in [0.1, 0.15) is 18.1 Å². The molecule has 1 aliphatic rings. The molecule has 2 amide bonds. The minimum Gasteiger partial charge on any atom is -0.492 e. The van der Waals surface area contributed by atoms with Crippen LogP contribution in [0, 0.1) is 6.92 Å². The molecule has 0 radical (unpaired) electrons. The highest BCUT2D eigenvalue weighted by atomic mass is 16.5. The fourth-order valence-corrected chi connectivity index (χ4v) is 3.93. The zero-order valence-corrected chi connectivity index (χ0v) is 20.9. The average molecular weight is 473 g/mol. The molecule has 6 nitrogen and oxygen atoms in total. The maximum Gasteiger partial charge on any atom is 0.267 e. The Kier molecular flexibility index (Phi) is 6.83. The molecule has 0 aromatic heterocycles. The molecule has 3 aromatic rings. The predicted molar refractivity (Wildman–Crippen MR) is 139 cm³/mol. The van der Waals surface area contributed by atoms with Crippen LogP contribution in [-0.2, 0) is 10.2 Å². The Morgan fingerprint density at radius 1 is 1.03 bits per heavy atom. The van der Waals surface area contributed by atoms with E-state index in [1.165, 1.54) is 0 Å². The largest absolute Gasteiger partial charge is 0.492 e. The first-order valence-corrected chi connectivity index (χ1v) is 11.9. The summed E-state index contributed by atoms with van der Waals surface area (Å²) in [5, 5.41) is 2.94. The van der Waals surface area contributed by atoms with E-state index in [0.29, 0.717) is 35.8 Å². The Morgan fingerprint density at radius 3 is 2.37 bits per heavy atom. The van der Waals surface area contributed by atoms with Crippen molar-refractivity contribution in [1.29, 1.82) is 0 Å². The number of hydrogen-bond donors (Lipinski definition) is 1. The normalized spacial score (nSPS) is 15.3. The third-order valence-corrected chi connectivity index (χ3v) is 6.04. The van der Waals surface area contributed by atoms with Gasteiger partial charge < -0.3 is 19.7 Å². The number of rotatable bonds is 6. The van der Waals surface area contributed by atoms with Crippen LogP contribution in [0.25, 0.3) is 0 Å². The summed E-state index contributed by atoms with van der Waals surface area (Å²) in [6.45, 7) is 10.9. The van der Waals surface area contributed by atoms with E-state index < -0.39 is 6.10 Å². The number of nitrogens with zero attached hydrogens (tertiary/aromatic N) is 1. The zero-order chi connectivity index (χ0) is 25.2. The first kappa shape index (κ1) is 24.3. The van der Waals surface area contributed by atoms with E-state index in [-0.39, 0.29) is 17.2 Å². The quantitative estimate of drug-likeness (QED) is 0.497. The molecule has 1 unspecified atom stereocenters. The fourth-order valence-electron chi connectivity index (χ4n) is 3.93. The molecule has 0 spiro atoms. The number of anilines is 2. The van der Waals surface area contributed by atoms with Crippen molar-refractivity contribution in [2.45, 2.75) is 46.1 Å². The Morgan fingerprint density at radius 2 is 1.71 bits per heavy atom. The number of aryl methyl sites for hydroxylation is 1. The van der Waals surface area contributed by atoms with Crippen molar-refractivity contribution < 1.29 is 19.1 Å². The third-order valence-electron chi connectivity index (χ3n) is 6.04. The van der Waals surface area contributed by atoms with E-state index in [1.54, 1.807) is 30.0 Å². The zero-order valence-electron chi connectivity index (χ0n) is 20.9. The molecule has 0 saturated heterocycles. The van der Waals surface area contributed by atoms with Gasteiger partial charge in [-0.2, -0.15) is 0 Å². The van der Waals surface area contributed by atoms with E-state index >= 15 is 0 Å². The molecule has 35 heavy (non-hydrogen) atoms. The lowest BCUT2D eigenvalue weighted by atomic mass is 9.87. The molecule has 0 aliphatic carbocycles. The SMILES string of the molecule is Cc1ccc(OCCN2C(=O)C(C)Oc3ccc(NC(=O)c4ccc(C(C)(C)C)cc4)cc32)cc1. The molecule has 4 rings (SSSR count). The van der Waals surface area contributed by atoms with E-state index in [9.17, 15) is 9.59 Å². The molecule has 0 saturated carbocycles. The van der Waals surface area contributed by atoms with Crippen LogP contribution >= 0.6 is 0 Å². The van der Waals surface area contributed by atoms with Gasteiger partial charge in [-0.05, 0) is 67.3 Å². The second-order valence-electron chi connectivity index (χ2n) is 9.88. The lowest BCUT2D eigenvalue weighted by Gasteiger charge is -2.33. The van der Waals surface area contributed by atoms with Gasteiger partial charge in [-0.3, -0.25) is 9.59 Å². The molecule has 1 N–H and O–H groups in total. The van der Waals surface area contributed by atoms with E-state index in [4.69, 9.17) is 9.47 Å². The summed E-state index contributed by atoms with van der Waals surface area (Å²) in [7, 11) is 0. The minimum absolute atomic E-state index is 0.0177. The summed E-state index contributed by atoms with van der Waals surface area (Å²) in [5.41, 5.74) is 4.11. The van der Waals surface area contributed by atoms with Crippen molar-refractivity contribution in [3.8, 4) is 11.5 Å². The van der Waals surface area contributed by atoms with Crippen molar-refractivity contribution in [3.63, 3.8) is 0 Å². The highest BCUT2D eigenvalue weighted by Gasteiger charge is 2.31.